The van der Waals surface area contributed by atoms with Crippen LogP contribution < -0.4 is 0 Å². The standard InChI is InChI=1S/C52H31N3O.C46H27N3O/c1-3-14-32(15-4-1)36-26-27-45-42(28-36)49-38-21-10-9-20-37(38)41(33-16-5-2-6-17-33)31-46(49)55(45)52-53-44-24-12-11-22-39(44)51(54-52)40-23-13-25-47-50(40)43-29-34-18-7-8-19-35(34)30-48(43)56-47;1-2-11-28(12-3-1)32-22-23-39-36(25-32)43-33-16-7-6-13-29(33)21-24-40(43)49(39)46-47-38-19-9-8-17-34(38)45(48-46)35-18-10-20-41-44(35)37-26-30-14-4-5-15-31(30)27-42(37)50-41/h1-31H;1-27H. The number of furan rings is 2. The Labute approximate surface area is 606 Å². The fraction of sp³-hybridized carbons (Fsp3) is 0. The molecule has 0 fully saturated rings. The second-order valence-corrected chi connectivity index (χ2v) is 27.5. The zero-order chi connectivity index (χ0) is 69.5. The average molecular weight is 1350 g/mol. The highest BCUT2D eigenvalue weighted by atomic mass is 16.3. The van der Waals surface area contributed by atoms with Gasteiger partial charge in [-0.05, 0) is 161 Å². The molecule has 0 atom stereocenters. The molecule has 0 aliphatic heterocycles. The molecular formula is C98H58N6O2. The Morgan fingerprint density at radius 3 is 1.12 bits per heavy atom. The smallest absolute Gasteiger partial charge is 0.235 e. The molecular weight excluding hydrogens is 1290 g/mol. The van der Waals surface area contributed by atoms with Crippen LogP contribution in [0.1, 0.15) is 0 Å². The molecule has 17 aromatic carbocycles. The Hall–Kier alpha value is -14.3. The summed E-state index contributed by atoms with van der Waals surface area (Å²) in [6, 6.07) is 124. The summed E-state index contributed by atoms with van der Waals surface area (Å²) in [5.41, 5.74) is 20.2. The number of benzene rings is 17. The van der Waals surface area contributed by atoms with Crippen LogP contribution in [0, 0.1) is 0 Å². The van der Waals surface area contributed by atoms with E-state index in [2.05, 4.69) is 355 Å². The number of hydrogen-bond acceptors (Lipinski definition) is 6. The molecule has 8 heteroatoms. The molecule has 6 aromatic heterocycles. The summed E-state index contributed by atoms with van der Waals surface area (Å²) in [4.78, 5) is 21.7. The zero-order valence-corrected chi connectivity index (χ0v) is 57.0. The lowest BCUT2D eigenvalue weighted by Gasteiger charge is -2.14. The van der Waals surface area contributed by atoms with Crippen molar-refractivity contribution in [1.29, 1.82) is 0 Å². The molecule has 0 radical (unpaired) electrons. The largest absolute Gasteiger partial charge is 0.456 e. The first-order chi connectivity index (χ1) is 52.5. The van der Waals surface area contributed by atoms with E-state index in [1.54, 1.807) is 0 Å². The van der Waals surface area contributed by atoms with E-state index in [-0.39, 0.29) is 0 Å². The van der Waals surface area contributed by atoms with Gasteiger partial charge in [-0.25, -0.2) is 19.9 Å². The monoisotopic (exact) mass is 1350 g/mol. The van der Waals surface area contributed by atoms with E-state index in [0.717, 1.165) is 126 Å². The second-order valence-electron chi connectivity index (χ2n) is 27.5. The summed E-state index contributed by atoms with van der Waals surface area (Å²) in [6.45, 7) is 0. The number of rotatable bonds is 7. The van der Waals surface area contributed by atoms with Crippen molar-refractivity contribution in [3.8, 4) is 67.8 Å². The van der Waals surface area contributed by atoms with Crippen molar-refractivity contribution in [2.24, 2.45) is 0 Å². The molecule has 0 unspecified atom stereocenters. The van der Waals surface area contributed by atoms with Gasteiger partial charge < -0.3 is 8.83 Å². The highest BCUT2D eigenvalue weighted by Gasteiger charge is 2.26. The fourth-order valence-corrected chi connectivity index (χ4v) is 16.7. The molecule has 0 spiro atoms. The van der Waals surface area contributed by atoms with E-state index < -0.39 is 0 Å². The van der Waals surface area contributed by atoms with E-state index >= 15 is 0 Å². The van der Waals surface area contributed by atoms with Gasteiger partial charge in [-0.3, -0.25) is 9.13 Å². The van der Waals surface area contributed by atoms with Crippen LogP contribution in [0.15, 0.2) is 361 Å². The maximum atomic E-state index is 6.55. The van der Waals surface area contributed by atoms with E-state index in [4.69, 9.17) is 28.8 Å². The van der Waals surface area contributed by atoms with Gasteiger partial charge in [0, 0.05) is 65.0 Å². The highest BCUT2D eigenvalue weighted by Crippen LogP contribution is 2.47. The Bertz CT molecular complexity index is 7580. The van der Waals surface area contributed by atoms with Crippen molar-refractivity contribution in [2.45, 2.75) is 0 Å². The van der Waals surface area contributed by atoms with Crippen molar-refractivity contribution >= 4 is 152 Å². The third kappa shape index (κ3) is 9.34. The Morgan fingerprint density at radius 1 is 0.198 bits per heavy atom. The molecule has 23 rings (SSSR count). The lowest BCUT2D eigenvalue weighted by Crippen LogP contribution is -2.03. The van der Waals surface area contributed by atoms with Crippen LogP contribution in [0.4, 0.5) is 0 Å². The van der Waals surface area contributed by atoms with Crippen molar-refractivity contribution in [1.82, 2.24) is 29.1 Å². The molecule has 0 saturated carbocycles. The van der Waals surface area contributed by atoms with Gasteiger partial charge in [-0.15, -0.1) is 0 Å². The number of hydrogen-bond donors (Lipinski definition) is 0. The first kappa shape index (κ1) is 59.4. The normalized spacial score (nSPS) is 12.0. The maximum absolute atomic E-state index is 6.55. The third-order valence-electron chi connectivity index (χ3n) is 21.5. The van der Waals surface area contributed by atoms with Crippen LogP contribution >= 0.6 is 0 Å². The average Bonchev–Trinajstić information content (AvgIpc) is 1.55. The molecule has 0 amide bonds. The van der Waals surface area contributed by atoms with Gasteiger partial charge in [0.05, 0.1) is 44.5 Å². The summed E-state index contributed by atoms with van der Waals surface area (Å²) >= 11 is 0. The Kier molecular flexibility index (Phi) is 13.2. The summed E-state index contributed by atoms with van der Waals surface area (Å²) in [5.74, 6) is 1.26. The number of para-hydroxylation sites is 2. The van der Waals surface area contributed by atoms with Crippen LogP contribution in [-0.2, 0) is 0 Å². The van der Waals surface area contributed by atoms with Crippen molar-refractivity contribution in [2.75, 3.05) is 0 Å². The number of aromatic nitrogens is 6. The molecule has 492 valence electrons. The second kappa shape index (κ2) is 23.6. The quantitative estimate of drug-likeness (QED) is 0.158. The van der Waals surface area contributed by atoms with E-state index in [0.29, 0.717) is 11.9 Å². The molecule has 0 aliphatic rings. The van der Waals surface area contributed by atoms with Crippen LogP contribution in [0.5, 0.6) is 0 Å². The molecule has 0 aliphatic carbocycles. The molecule has 0 saturated heterocycles. The minimum absolute atomic E-state index is 0.621. The summed E-state index contributed by atoms with van der Waals surface area (Å²) in [6.07, 6.45) is 0. The lowest BCUT2D eigenvalue weighted by atomic mass is 9.94. The maximum Gasteiger partial charge on any atom is 0.235 e. The first-order valence-electron chi connectivity index (χ1n) is 35.9. The number of nitrogens with zero attached hydrogens (tertiary/aromatic N) is 6. The molecule has 106 heavy (non-hydrogen) atoms. The Morgan fingerprint density at radius 2 is 0.604 bits per heavy atom. The van der Waals surface area contributed by atoms with Crippen LogP contribution in [0.25, 0.3) is 220 Å². The van der Waals surface area contributed by atoms with Gasteiger partial charge in [0.2, 0.25) is 11.9 Å². The van der Waals surface area contributed by atoms with E-state index in [1.165, 1.54) is 81.9 Å². The van der Waals surface area contributed by atoms with Crippen LogP contribution in [0.2, 0.25) is 0 Å². The SMILES string of the molecule is c1ccc(-c2ccc3c(c2)c2c4ccccc4c(-c4ccccc4)cc2n3-c2nc(-c3cccc4oc5cc6ccccc6cc5c34)c3ccccc3n2)cc1.c1ccc(-c2ccc3c(c2)c2c4ccccc4ccc2n3-c2nc(-c3cccc4oc5cc6ccccc6cc5c34)c3ccccc3n2)cc1. The van der Waals surface area contributed by atoms with E-state index in [9.17, 15) is 0 Å². The predicted molar refractivity (Wildman–Crippen MR) is 440 cm³/mol. The molecule has 0 N–H and O–H groups in total. The van der Waals surface area contributed by atoms with E-state index in [1.807, 2.05) is 6.07 Å². The minimum atomic E-state index is 0.621. The lowest BCUT2D eigenvalue weighted by molar-refractivity contribution is 0.669. The summed E-state index contributed by atoms with van der Waals surface area (Å²) < 4.78 is 17.6. The van der Waals surface area contributed by atoms with Gasteiger partial charge >= 0.3 is 0 Å². The van der Waals surface area contributed by atoms with Gasteiger partial charge in [0.15, 0.2) is 0 Å². The van der Waals surface area contributed by atoms with Gasteiger partial charge in [-0.2, -0.15) is 0 Å². The summed E-state index contributed by atoms with van der Waals surface area (Å²) in [7, 11) is 0. The van der Waals surface area contributed by atoms with Gasteiger partial charge in [0.1, 0.15) is 22.3 Å². The predicted octanol–water partition coefficient (Wildman–Crippen LogP) is 26.2. The molecule has 8 nitrogen and oxygen atoms in total. The van der Waals surface area contributed by atoms with Crippen molar-refractivity contribution < 1.29 is 8.83 Å². The fourth-order valence-electron chi connectivity index (χ4n) is 16.7. The number of fused-ring (bicyclic) bond motifs is 20. The van der Waals surface area contributed by atoms with Crippen LogP contribution in [0.3, 0.4) is 0 Å². The highest BCUT2D eigenvalue weighted by molar-refractivity contribution is 6.26. The first-order valence-corrected chi connectivity index (χ1v) is 35.9. The van der Waals surface area contributed by atoms with Crippen molar-refractivity contribution in [3.63, 3.8) is 0 Å². The topological polar surface area (TPSA) is 87.7 Å². The summed E-state index contributed by atoms with van der Waals surface area (Å²) in [5, 5.41) is 20.4. The van der Waals surface area contributed by atoms with Gasteiger partial charge in [0.25, 0.3) is 0 Å². The molecule has 6 heterocycles. The van der Waals surface area contributed by atoms with Crippen LogP contribution in [-0.4, -0.2) is 29.1 Å². The zero-order valence-electron chi connectivity index (χ0n) is 57.0. The third-order valence-corrected chi connectivity index (χ3v) is 21.5. The molecule has 0 bridgehead atoms. The van der Waals surface area contributed by atoms with Crippen molar-refractivity contribution in [3.05, 3.63) is 352 Å². The minimum Gasteiger partial charge on any atom is -0.456 e. The molecule has 23 aromatic rings. The Balaban J connectivity index is 0.000000133. The van der Waals surface area contributed by atoms with Gasteiger partial charge in [-0.1, -0.05) is 267 Å².